The number of nitrogens with zero attached hydrogens (tertiary/aromatic N) is 2. The van der Waals surface area contributed by atoms with Gasteiger partial charge in [-0.1, -0.05) is 12.2 Å². The van der Waals surface area contributed by atoms with Crippen LogP contribution >= 0.6 is 0 Å². The van der Waals surface area contributed by atoms with Gasteiger partial charge < -0.3 is 25.8 Å². The minimum Gasteiger partial charge on any atom is -0.394 e. The Balaban J connectivity index is 2.43. The molecule has 1 saturated heterocycles. The zero-order valence-corrected chi connectivity index (χ0v) is 10.9. The summed E-state index contributed by atoms with van der Waals surface area (Å²) in [4.78, 5) is 15.5. The molecule has 20 heavy (non-hydrogen) atoms. The third kappa shape index (κ3) is 2.46. The van der Waals surface area contributed by atoms with Crippen molar-refractivity contribution in [2.75, 3.05) is 12.3 Å². The molecule has 2 heterocycles. The number of aliphatic hydroxyl groups is 3. The average Bonchev–Trinajstić information content (AvgIpc) is 2.70. The third-order valence-electron chi connectivity index (χ3n) is 3.15. The molecule has 0 aromatic carbocycles. The van der Waals surface area contributed by atoms with E-state index >= 15 is 0 Å². The van der Waals surface area contributed by atoms with Crippen LogP contribution in [0, 0.1) is 0 Å². The van der Waals surface area contributed by atoms with Gasteiger partial charge in [0.1, 0.15) is 24.1 Å². The number of nitrogens with two attached hydrogens (primary N) is 1. The highest BCUT2D eigenvalue weighted by molar-refractivity contribution is 5.59. The van der Waals surface area contributed by atoms with Gasteiger partial charge in [0, 0.05) is 11.8 Å². The molecule has 0 aliphatic carbocycles. The number of nitrogen functional groups attached to an aromatic ring is 1. The van der Waals surface area contributed by atoms with Crippen LogP contribution in [0.25, 0.3) is 6.08 Å². The molecule has 0 radical (unpaired) electrons. The predicted molar refractivity (Wildman–Crippen MR) is 70.6 cm³/mol. The Hall–Kier alpha value is -1.74. The molecule has 0 bridgehead atoms. The Kier molecular flexibility index (Phi) is 4.19. The zero-order chi connectivity index (χ0) is 14.9. The maximum atomic E-state index is 11.8. The number of hydrogen-bond donors (Lipinski definition) is 4. The topological polar surface area (TPSA) is 131 Å². The van der Waals surface area contributed by atoms with E-state index < -0.39 is 36.8 Å². The largest absolute Gasteiger partial charge is 0.394 e. The second kappa shape index (κ2) is 5.71. The van der Waals surface area contributed by atoms with Gasteiger partial charge in [0.15, 0.2) is 6.23 Å². The quantitative estimate of drug-likeness (QED) is 0.529. The summed E-state index contributed by atoms with van der Waals surface area (Å²) in [5, 5.41) is 28.6. The molecule has 0 spiro atoms. The van der Waals surface area contributed by atoms with Gasteiger partial charge in [0.25, 0.3) is 0 Å². The third-order valence-corrected chi connectivity index (χ3v) is 3.15. The number of ether oxygens (including phenoxy) is 1. The van der Waals surface area contributed by atoms with Crippen molar-refractivity contribution in [1.29, 1.82) is 0 Å². The van der Waals surface area contributed by atoms with Crippen LogP contribution in [0.5, 0.6) is 0 Å². The van der Waals surface area contributed by atoms with E-state index in [1.54, 1.807) is 19.1 Å². The lowest BCUT2D eigenvalue weighted by Crippen LogP contribution is -2.36. The molecule has 2 rings (SSSR count). The molecular weight excluding hydrogens is 266 g/mol. The summed E-state index contributed by atoms with van der Waals surface area (Å²) in [5.74, 6) is 0.0658. The fraction of sp³-hybridized carbons (Fsp3) is 0.500. The van der Waals surface area contributed by atoms with Crippen LogP contribution in [-0.2, 0) is 4.74 Å². The van der Waals surface area contributed by atoms with Crippen LogP contribution < -0.4 is 11.4 Å². The second-order valence-electron chi connectivity index (χ2n) is 4.50. The fourth-order valence-corrected chi connectivity index (χ4v) is 2.10. The number of hydrogen-bond acceptors (Lipinski definition) is 7. The first-order valence-electron chi connectivity index (χ1n) is 6.13. The highest BCUT2D eigenvalue weighted by Gasteiger charge is 2.43. The first-order valence-corrected chi connectivity index (χ1v) is 6.13. The highest BCUT2D eigenvalue weighted by Crippen LogP contribution is 2.28. The Labute approximate surface area is 114 Å². The van der Waals surface area contributed by atoms with Crippen LogP contribution in [0.15, 0.2) is 17.1 Å². The summed E-state index contributed by atoms with van der Waals surface area (Å²) in [6, 6.07) is 0. The molecule has 8 nitrogen and oxygen atoms in total. The molecular formula is C12H17N3O5. The zero-order valence-electron chi connectivity index (χ0n) is 10.9. The molecule has 0 unspecified atom stereocenters. The van der Waals surface area contributed by atoms with Gasteiger partial charge in [0.05, 0.1) is 6.61 Å². The molecule has 1 aliphatic heterocycles. The maximum Gasteiger partial charge on any atom is 0.351 e. The van der Waals surface area contributed by atoms with E-state index in [4.69, 9.17) is 15.6 Å². The lowest BCUT2D eigenvalue weighted by Gasteiger charge is -2.18. The Morgan fingerprint density at radius 3 is 2.75 bits per heavy atom. The standard InChI is InChI=1S/C12H17N3O5/c1-2-3-6-4-15(12(19)14-10(6)13)11-9(18)8(17)7(5-16)20-11/h2-4,7-9,11,16-18H,5H2,1H3,(H2,13,14,19)/b3-2-/t7-,8-,9-,11-/m1/s1. The summed E-state index contributed by atoms with van der Waals surface area (Å²) in [5.41, 5.74) is 5.41. The van der Waals surface area contributed by atoms with Gasteiger partial charge in [-0.05, 0) is 6.92 Å². The van der Waals surface area contributed by atoms with E-state index in [1.165, 1.54) is 6.20 Å². The number of aliphatic hydroxyl groups excluding tert-OH is 3. The summed E-state index contributed by atoms with van der Waals surface area (Å²) < 4.78 is 6.33. The second-order valence-corrected chi connectivity index (χ2v) is 4.50. The van der Waals surface area contributed by atoms with E-state index in [9.17, 15) is 15.0 Å². The van der Waals surface area contributed by atoms with Gasteiger partial charge in [-0.2, -0.15) is 4.98 Å². The Morgan fingerprint density at radius 1 is 1.50 bits per heavy atom. The molecule has 5 N–H and O–H groups in total. The predicted octanol–water partition coefficient (Wildman–Crippen LogP) is -1.53. The van der Waals surface area contributed by atoms with Gasteiger partial charge in [-0.25, -0.2) is 4.79 Å². The lowest BCUT2D eigenvalue weighted by atomic mass is 10.1. The van der Waals surface area contributed by atoms with Crippen LogP contribution in [-0.4, -0.2) is 49.8 Å². The normalized spacial score (nSPS) is 30.2. The average molecular weight is 283 g/mol. The van der Waals surface area contributed by atoms with Gasteiger partial charge in [0.2, 0.25) is 0 Å². The van der Waals surface area contributed by atoms with Crippen LogP contribution in [0.4, 0.5) is 5.82 Å². The SMILES string of the molecule is C/C=C\c1cn([C@@H]2O[C@H](CO)[C@@H](O)[C@H]2O)c(=O)nc1N. The van der Waals surface area contributed by atoms with E-state index in [2.05, 4.69) is 4.98 Å². The Bertz CT molecular complexity index is 571. The van der Waals surface area contributed by atoms with Gasteiger partial charge >= 0.3 is 5.69 Å². The molecule has 1 aromatic rings. The van der Waals surface area contributed by atoms with E-state index in [0.29, 0.717) is 5.56 Å². The summed E-state index contributed by atoms with van der Waals surface area (Å²) in [6.07, 6.45) is 0.0779. The summed E-state index contributed by atoms with van der Waals surface area (Å²) in [7, 11) is 0. The summed E-state index contributed by atoms with van der Waals surface area (Å²) in [6.45, 7) is 1.31. The Morgan fingerprint density at radius 2 is 2.20 bits per heavy atom. The molecule has 0 saturated carbocycles. The van der Waals surface area contributed by atoms with E-state index in [0.717, 1.165) is 4.57 Å². The molecule has 1 fully saturated rings. The lowest BCUT2D eigenvalue weighted by molar-refractivity contribution is -0.0549. The van der Waals surface area contributed by atoms with E-state index in [1.807, 2.05) is 0 Å². The van der Waals surface area contributed by atoms with Crippen LogP contribution in [0.2, 0.25) is 0 Å². The van der Waals surface area contributed by atoms with Crippen molar-refractivity contribution >= 4 is 11.9 Å². The first kappa shape index (κ1) is 14.7. The van der Waals surface area contributed by atoms with Crippen molar-refractivity contribution in [3.8, 4) is 0 Å². The van der Waals surface area contributed by atoms with Gasteiger partial charge in [-0.15, -0.1) is 0 Å². The fourth-order valence-electron chi connectivity index (χ4n) is 2.10. The van der Waals surface area contributed by atoms with Crippen molar-refractivity contribution in [2.24, 2.45) is 0 Å². The van der Waals surface area contributed by atoms with Crippen molar-refractivity contribution in [2.45, 2.75) is 31.5 Å². The summed E-state index contributed by atoms with van der Waals surface area (Å²) >= 11 is 0. The molecule has 1 aromatic heterocycles. The minimum absolute atomic E-state index is 0.0658. The molecule has 0 amide bonds. The van der Waals surface area contributed by atoms with Crippen LogP contribution in [0.3, 0.4) is 0 Å². The number of aromatic nitrogens is 2. The van der Waals surface area contributed by atoms with Crippen molar-refractivity contribution in [3.63, 3.8) is 0 Å². The monoisotopic (exact) mass is 283 g/mol. The first-order chi connectivity index (χ1) is 9.49. The number of rotatable bonds is 3. The minimum atomic E-state index is -1.34. The van der Waals surface area contributed by atoms with Crippen molar-refractivity contribution < 1.29 is 20.1 Å². The van der Waals surface area contributed by atoms with E-state index in [-0.39, 0.29) is 5.82 Å². The number of anilines is 1. The van der Waals surface area contributed by atoms with Gasteiger partial charge in [-0.3, -0.25) is 4.57 Å². The molecule has 8 heteroatoms. The smallest absolute Gasteiger partial charge is 0.351 e. The molecule has 1 aliphatic rings. The molecule has 4 atom stereocenters. The van der Waals surface area contributed by atoms with Crippen molar-refractivity contribution in [1.82, 2.24) is 9.55 Å². The maximum absolute atomic E-state index is 11.8. The van der Waals surface area contributed by atoms with Crippen LogP contribution in [0.1, 0.15) is 18.7 Å². The molecule has 110 valence electrons. The highest BCUT2D eigenvalue weighted by atomic mass is 16.6. The van der Waals surface area contributed by atoms with Crippen molar-refractivity contribution in [3.05, 3.63) is 28.3 Å². The number of allylic oxidation sites excluding steroid dienone is 1.